The standard InChI is InChI=1S/C33H28N2O6S/c1-5-39-26-16-22(12-14-25(26)40-17-21-9-7-6-8-10-21)28-27-29(37)23-15-18(2)11-13-24(23)41-30(27)32(38)35(28)33-34-19(3)31(42-33)20(4)36/h6-16,28H,5,17H2,1-4H3. The van der Waals surface area contributed by atoms with Crippen molar-refractivity contribution in [1.29, 1.82) is 0 Å². The lowest BCUT2D eigenvalue weighted by Crippen LogP contribution is -2.29. The van der Waals surface area contributed by atoms with Gasteiger partial charge in [0.25, 0.3) is 5.91 Å². The van der Waals surface area contributed by atoms with E-state index in [0.717, 1.165) is 22.5 Å². The van der Waals surface area contributed by atoms with Crippen LogP contribution < -0.4 is 19.8 Å². The van der Waals surface area contributed by atoms with E-state index in [4.69, 9.17) is 13.9 Å². The maximum Gasteiger partial charge on any atom is 0.297 e. The predicted molar refractivity (Wildman–Crippen MR) is 161 cm³/mol. The molecule has 3 heterocycles. The van der Waals surface area contributed by atoms with Crippen LogP contribution >= 0.6 is 11.3 Å². The van der Waals surface area contributed by atoms with E-state index in [-0.39, 0.29) is 22.5 Å². The van der Waals surface area contributed by atoms with Crippen LogP contribution in [0.15, 0.2) is 75.9 Å². The van der Waals surface area contributed by atoms with Crippen molar-refractivity contribution in [3.8, 4) is 11.5 Å². The number of carbonyl (C=O) groups excluding carboxylic acids is 2. The van der Waals surface area contributed by atoms with Crippen molar-refractivity contribution in [1.82, 2.24) is 4.98 Å². The summed E-state index contributed by atoms with van der Waals surface area (Å²) in [7, 11) is 0. The quantitative estimate of drug-likeness (QED) is 0.186. The number of Topliss-reactive ketones (excluding diaryl/α,β-unsaturated/α-hetero) is 1. The molecule has 0 fully saturated rings. The van der Waals surface area contributed by atoms with Crippen molar-refractivity contribution in [3.05, 3.63) is 116 Å². The molecule has 42 heavy (non-hydrogen) atoms. The van der Waals surface area contributed by atoms with Crippen LogP contribution in [0.3, 0.4) is 0 Å². The molecule has 1 aliphatic heterocycles. The summed E-state index contributed by atoms with van der Waals surface area (Å²) in [6.07, 6.45) is 0. The molecule has 0 saturated heterocycles. The molecule has 0 radical (unpaired) electrons. The van der Waals surface area contributed by atoms with Gasteiger partial charge in [0, 0.05) is 6.92 Å². The molecule has 8 nitrogen and oxygen atoms in total. The highest BCUT2D eigenvalue weighted by molar-refractivity contribution is 7.17. The number of carbonyl (C=O) groups is 2. The van der Waals surface area contributed by atoms with E-state index in [0.29, 0.717) is 56.9 Å². The molecule has 1 atom stereocenters. The third kappa shape index (κ3) is 4.75. The van der Waals surface area contributed by atoms with E-state index in [9.17, 15) is 14.4 Å². The number of rotatable bonds is 8. The van der Waals surface area contributed by atoms with Crippen LogP contribution in [-0.2, 0) is 6.61 Å². The van der Waals surface area contributed by atoms with Crippen molar-refractivity contribution in [3.63, 3.8) is 0 Å². The molecule has 6 rings (SSSR count). The smallest absolute Gasteiger partial charge is 0.297 e. The fraction of sp³-hybridized carbons (Fsp3) is 0.212. The summed E-state index contributed by atoms with van der Waals surface area (Å²) >= 11 is 1.12. The predicted octanol–water partition coefficient (Wildman–Crippen LogP) is 6.80. The van der Waals surface area contributed by atoms with Gasteiger partial charge < -0.3 is 13.9 Å². The number of hydrogen-bond donors (Lipinski definition) is 0. The van der Waals surface area contributed by atoms with E-state index < -0.39 is 11.9 Å². The van der Waals surface area contributed by atoms with Gasteiger partial charge in [-0.15, -0.1) is 0 Å². The minimum Gasteiger partial charge on any atom is -0.490 e. The van der Waals surface area contributed by atoms with Gasteiger partial charge in [-0.25, -0.2) is 4.98 Å². The molecule has 0 spiro atoms. The third-order valence-electron chi connectivity index (χ3n) is 7.16. The van der Waals surface area contributed by atoms with Gasteiger partial charge in [0.05, 0.1) is 34.2 Å². The van der Waals surface area contributed by atoms with Gasteiger partial charge >= 0.3 is 0 Å². The molecule has 0 bridgehead atoms. The number of aryl methyl sites for hydroxylation is 2. The Hall–Kier alpha value is -4.76. The highest BCUT2D eigenvalue weighted by atomic mass is 32.1. The molecule has 1 aliphatic rings. The maximum atomic E-state index is 14.0. The Morgan fingerprint density at radius 2 is 1.79 bits per heavy atom. The van der Waals surface area contributed by atoms with Crippen LogP contribution in [0, 0.1) is 13.8 Å². The number of thiazole rings is 1. The normalized spacial score (nSPS) is 14.3. The largest absolute Gasteiger partial charge is 0.490 e. The molecular weight excluding hydrogens is 552 g/mol. The summed E-state index contributed by atoms with van der Waals surface area (Å²) in [5.74, 6) is 0.325. The lowest BCUT2D eigenvalue weighted by molar-refractivity contribution is 0.0969. The first-order valence-electron chi connectivity index (χ1n) is 13.6. The van der Waals surface area contributed by atoms with Gasteiger partial charge in [-0.3, -0.25) is 19.3 Å². The maximum absolute atomic E-state index is 14.0. The number of aromatic nitrogens is 1. The van der Waals surface area contributed by atoms with Crippen LogP contribution in [0.2, 0.25) is 0 Å². The van der Waals surface area contributed by atoms with Crippen molar-refractivity contribution < 1.29 is 23.5 Å². The van der Waals surface area contributed by atoms with Crippen LogP contribution in [0.4, 0.5) is 5.13 Å². The molecule has 0 N–H and O–H groups in total. The van der Waals surface area contributed by atoms with E-state index in [1.807, 2.05) is 56.3 Å². The topological polar surface area (TPSA) is 98.9 Å². The Bertz CT molecular complexity index is 1910. The fourth-order valence-corrected chi connectivity index (χ4v) is 6.22. The number of anilines is 1. The summed E-state index contributed by atoms with van der Waals surface area (Å²) in [5, 5.41) is 0.696. The number of ketones is 1. The van der Waals surface area contributed by atoms with E-state index in [2.05, 4.69) is 4.98 Å². The highest BCUT2D eigenvalue weighted by Gasteiger charge is 2.45. The summed E-state index contributed by atoms with van der Waals surface area (Å²) in [6, 6.07) is 19.6. The number of amides is 1. The van der Waals surface area contributed by atoms with Crippen LogP contribution in [0.5, 0.6) is 11.5 Å². The van der Waals surface area contributed by atoms with Gasteiger partial charge in [-0.1, -0.05) is 59.4 Å². The number of nitrogens with zero attached hydrogens (tertiary/aromatic N) is 2. The van der Waals surface area contributed by atoms with E-state index in [1.165, 1.54) is 11.8 Å². The number of benzene rings is 3. The number of fused-ring (bicyclic) bond motifs is 2. The zero-order valence-electron chi connectivity index (χ0n) is 23.6. The molecule has 1 amide bonds. The Kier molecular flexibility index (Phi) is 7.12. The SMILES string of the molecule is CCOc1cc(C2c3c(oc4ccc(C)cc4c3=O)C(=O)N2c2nc(C)c(C(C)=O)s2)ccc1OCc1ccccc1. The van der Waals surface area contributed by atoms with Crippen molar-refractivity contribution in [2.75, 3.05) is 11.5 Å². The van der Waals surface area contributed by atoms with E-state index in [1.54, 1.807) is 31.2 Å². The summed E-state index contributed by atoms with van der Waals surface area (Å²) in [5.41, 5.74) is 3.30. The minimum absolute atomic E-state index is 0.0408. The third-order valence-corrected chi connectivity index (χ3v) is 8.41. The highest BCUT2D eigenvalue weighted by Crippen LogP contribution is 2.45. The minimum atomic E-state index is -0.860. The molecule has 2 aromatic heterocycles. The molecule has 0 saturated carbocycles. The van der Waals surface area contributed by atoms with Crippen molar-refractivity contribution in [2.24, 2.45) is 0 Å². The molecule has 212 valence electrons. The van der Waals surface area contributed by atoms with Gasteiger partial charge in [0.15, 0.2) is 27.8 Å². The lowest BCUT2D eigenvalue weighted by atomic mass is 9.98. The fourth-order valence-electron chi connectivity index (χ4n) is 5.23. The second-order valence-corrected chi connectivity index (χ2v) is 11.1. The molecule has 3 aromatic carbocycles. The van der Waals surface area contributed by atoms with Crippen LogP contribution in [0.1, 0.15) is 68.1 Å². The molecule has 9 heteroatoms. The molecule has 0 aliphatic carbocycles. The number of ether oxygens (including phenoxy) is 2. The zero-order valence-corrected chi connectivity index (χ0v) is 24.4. The Labute approximate surface area is 246 Å². The van der Waals surface area contributed by atoms with Crippen molar-refractivity contribution >= 4 is 39.1 Å². The monoisotopic (exact) mass is 580 g/mol. The molecular formula is C33H28N2O6S. The van der Waals surface area contributed by atoms with Crippen molar-refractivity contribution in [2.45, 2.75) is 40.3 Å². The Morgan fingerprint density at radius 1 is 1.00 bits per heavy atom. The summed E-state index contributed by atoms with van der Waals surface area (Å²) in [4.78, 5) is 46.8. The first kappa shape index (κ1) is 27.4. The second-order valence-electron chi connectivity index (χ2n) is 10.1. The van der Waals surface area contributed by atoms with Gasteiger partial charge in [0.2, 0.25) is 5.76 Å². The average molecular weight is 581 g/mol. The van der Waals surface area contributed by atoms with Crippen LogP contribution in [-0.4, -0.2) is 23.3 Å². The lowest BCUT2D eigenvalue weighted by Gasteiger charge is -2.23. The summed E-state index contributed by atoms with van der Waals surface area (Å²) in [6.45, 7) is 7.69. The Morgan fingerprint density at radius 3 is 2.50 bits per heavy atom. The molecule has 1 unspecified atom stereocenters. The van der Waals surface area contributed by atoms with E-state index >= 15 is 0 Å². The van der Waals surface area contributed by atoms with Crippen LogP contribution in [0.25, 0.3) is 11.0 Å². The first-order valence-corrected chi connectivity index (χ1v) is 14.4. The summed E-state index contributed by atoms with van der Waals surface area (Å²) < 4.78 is 18.2. The average Bonchev–Trinajstić information content (AvgIpc) is 3.50. The number of hydrogen-bond acceptors (Lipinski definition) is 8. The zero-order chi connectivity index (χ0) is 29.5. The van der Waals surface area contributed by atoms with Gasteiger partial charge in [-0.2, -0.15) is 0 Å². The first-order chi connectivity index (χ1) is 20.3. The Balaban J connectivity index is 1.52. The van der Waals surface area contributed by atoms with Gasteiger partial charge in [0.1, 0.15) is 12.2 Å². The second kappa shape index (κ2) is 10.9. The van der Waals surface area contributed by atoms with Gasteiger partial charge in [-0.05, 0) is 56.2 Å². The molecule has 5 aromatic rings.